The molecule has 0 fully saturated rings. The van der Waals surface area contributed by atoms with Crippen LogP contribution in [-0.2, 0) is 0 Å². The number of hydrogen-bond acceptors (Lipinski definition) is 3. The Morgan fingerprint density at radius 1 is 1.38 bits per heavy atom. The lowest BCUT2D eigenvalue weighted by molar-refractivity contribution is 1.58. The summed E-state index contributed by atoms with van der Waals surface area (Å²) in [5, 5.41) is 0. The fraction of sp³-hybridized carbons (Fsp3) is 0.100. The molecule has 0 amide bonds. The summed E-state index contributed by atoms with van der Waals surface area (Å²) in [5.74, 6) is 0. The lowest BCUT2D eigenvalue weighted by atomic mass is 10.5. The van der Waals surface area contributed by atoms with Crippen LogP contribution in [0.4, 0.5) is 0 Å². The molecule has 0 spiro atoms. The Kier molecular flexibility index (Phi) is 4.57. The van der Waals surface area contributed by atoms with Gasteiger partial charge in [0.05, 0.1) is 4.21 Å². The zero-order valence-corrected chi connectivity index (χ0v) is 9.06. The van der Waals surface area contributed by atoms with Crippen LogP contribution < -0.4 is 0 Å². The monoisotopic (exact) mass is 209 g/mol. The van der Waals surface area contributed by atoms with E-state index in [0.717, 1.165) is 9.09 Å². The highest BCUT2D eigenvalue weighted by molar-refractivity contribution is 7.82. The molecule has 0 atom stereocenters. The van der Waals surface area contributed by atoms with E-state index < -0.39 is 0 Å². The molecule has 0 aliphatic heterocycles. The van der Waals surface area contributed by atoms with Gasteiger partial charge in [-0.05, 0) is 25.1 Å². The van der Waals surface area contributed by atoms with Crippen LogP contribution in [0.15, 0.2) is 45.8 Å². The molecule has 1 aromatic rings. The second-order valence-electron chi connectivity index (χ2n) is 2.32. The molecule has 1 aromatic heterocycles. The lowest BCUT2D eigenvalue weighted by Crippen LogP contribution is -1.67. The molecule has 0 aliphatic rings. The van der Waals surface area contributed by atoms with E-state index in [4.69, 9.17) is 0 Å². The Hall–Kier alpha value is -0.800. The van der Waals surface area contributed by atoms with Gasteiger partial charge in [0.25, 0.3) is 0 Å². The van der Waals surface area contributed by atoms with Gasteiger partial charge >= 0.3 is 0 Å². The van der Waals surface area contributed by atoms with E-state index in [9.17, 15) is 0 Å². The van der Waals surface area contributed by atoms with Crippen molar-refractivity contribution in [1.82, 2.24) is 0 Å². The summed E-state index contributed by atoms with van der Waals surface area (Å²) in [6, 6.07) is 3.96. The molecule has 13 heavy (non-hydrogen) atoms. The summed E-state index contributed by atoms with van der Waals surface area (Å²) >= 11 is 5.83. The largest absolute Gasteiger partial charge is 0.263 e. The molecule has 1 rings (SSSR count). The average molecular weight is 209 g/mol. The van der Waals surface area contributed by atoms with Gasteiger partial charge in [-0.1, -0.05) is 12.2 Å². The van der Waals surface area contributed by atoms with Gasteiger partial charge in [0.1, 0.15) is 0 Å². The molecule has 0 aliphatic carbocycles. The molecular formula is C10H11NS2. The predicted molar refractivity (Wildman–Crippen MR) is 63.1 cm³/mol. The minimum Gasteiger partial charge on any atom is -0.263 e. The molecule has 0 saturated carbocycles. The first-order valence-corrected chi connectivity index (χ1v) is 5.19. The second kappa shape index (κ2) is 5.78. The maximum absolute atomic E-state index is 4.21. The van der Waals surface area contributed by atoms with Crippen LogP contribution in [0.5, 0.6) is 0 Å². The van der Waals surface area contributed by atoms with Crippen LogP contribution in [0, 0.1) is 0 Å². The van der Waals surface area contributed by atoms with Crippen molar-refractivity contribution in [2.45, 2.75) is 11.1 Å². The first kappa shape index (κ1) is 10.3. The van der Waals surface area contributed by atoms with Gasteiger partial charge in [-0.2, -0.15) is 0 Å². The smallest absolute Gasteiger partial charge is 0.0575 e. The summed E-state index contributed by atoms with van der Waals surface area (Å²) in [5.41, 5.74) is 0. The normalized spacial score (nSPS) is 12.5. The SMILES string of the molecule is C/C=C\C=C/N=Cc1ccc(S)s1. The third kappa shape index (κ3) is 4.10. The molecule has 1 heterocycles. The number of allylic oxidation sites excluding steroid dienone is 3. The Balaban J connectivity index is 2.49. The van der Waals surface area contributed by atoms with E-state index in [0.29, 0.717) is 0 Å². The number of thiol groups is 1. The van der Waals surface area contributed by atoms with Crippen LogP contribution in [0.25, 0.3) is 0 Å². The van der Waals surface area contributed by atoms with E-state index in [-0.39, 0.29) is 0 Å². The molecule has 68 valence electrons. The zero-order chi connectivity index (χ0) is 9.52. The number of nitrogens with zero attached hydrogens (tertiary/aromatic N) is 1. The fourth-order valence-corrected chi connectivity index (χ4v) is 1.76. The minimum atomic E-state index is 1.01. The van der Waals surface area contributed by atoms with Crippen molar-refractivity contribution < 1.29 is 0 Å². The highest BCUT2D eigenvalue weighted by Gasteiger charge is 1.90. The second-order valence-corrected chi connectivity index (χ2v) is 4.22. The summed E-state index contributed by atoms with van der Waals surface area (Å²) in [4.78, 5) is 5.23. The van der Waals surface area contributed by atoms with E-state index in [1.165, 1.54) is 0 Å². The van der Waals surface area contributed by atoms with E-state index in [1.54, 1.807) is 17.5 Å². The zero-order valence-electron chi connectivity index (χ0n) is 7.34. The Labute approximate surface area is 87.9 Å². The lowest BCUT2D eigenvalue weighted by Gasteiger charge is -1.79. The maximum Gasteiger partial charge on any atom is 0.0575 e. The van der Waals surface area contributed by atoms with Crippen molar-refractivity contribution in [2.24, 2.45) is 4.99 Å². The van der Waals surface area contributed by atoms with Crippen molar-refractivity contribution >= 4 is 30.2 Å². The summed E-state index contributed by atoms with van der Waals surface area (Å²) in [7, 11) is 0. The highest BCUT2D eigenvalue weighted by atomic mass is 32.2. The predicted octanol–water partition coefficient (Wildman–Crippen LogP) is 3.55. The van der Waals surface area contributed by atoms with Crippen molar-refractivity contribution in [3.05, 3.63) is 41.4 Å². The number of aliphatic imine (C=N–C) groups is 1. The van der Waals surface area contributed by atoms with Crippen molar-refractivity contribution in [3.8, 4) is 0 Å². The van der Waals surface area contributed by atoms with Gasteiger partial charge in [-0.15, -0.1) is 24.0 Å². The fourth-order valence-electron chi connectivity index (χ4n) is 0.739. The van der Waals surface area contributed by atoms with Gasteiger partial charge in [0, 0.05) is 17.3 Å². The number of rotatable bonds is 3. The van der Waals surface area contributed by atoms with Crippen molar-refractivity contribution in [1.29, 1.82) is 0 Å². The third-order valence-corrected chi connectivity index (χ3v) is 2.54. The van der Waals surface area contributed by atoms with Gasteiger partial charge < -0.3 is 0 Å². The topological polar surface area (TPSA) is 12.4 Å². The van der Waals surface area contributed by atoms with Crippen LogP contribution in [0.1, 0.15) is 11.8 Å². The third-order valence-electron chi connectivity index (χ3n) is 1.29. The van der Waals surface area contributed by atoms with Gasteiger partial charge in [0.15, 0.2) is 0 Å². The first-order valence-electron chi connectivity index (χ1n) is 3.92. The van der Waals surface area contributed by atoms with E-state index in [2.05, 4.69) is 17.6 Å². The molecule has 0 bridgehead atoms. The molecule has 0 N–H and O–H groups in total. The molecule has 1 nitrogen and oxygen atoms in total. The number of hydrogen-bond donors (Lipinski definition) is 1. The summed E-state index contributed by atoms with van der Waals surface area (Å²) < 4.78 is 1.01. The molecule has 0 radical (unpaired) electrons. The molecule has 0 unspecified atom stereocenters. The standard InChI is InChI=1S/C10H11NS2/c1-2-3-4-7-11-8-9-5-6-10(12)13-9/h2-8,12H,1H3/b3-2-,7-4-,11-8?. The first-order chi connectivity index (χ1) is 6.33. The van der Waals surface area contributed by atoms with Crippen LogP contribution in [0.3, 0.4) is 0 Å². The van der Waals surface area contributed by atoms with Gasteiger partial charge in [0.2, 0.25) is 0 Å². The summed E-state index contributed by atoms with van der Waals surface area (Å²) in [6.07, 6.45) is 9.38. The van der Waals surface area contributed by atoms with Gasteiger partial charge in [-0.3, -0.25) is 4.99 Å². The Morgan fingerprint density at radius 3 is 2.85 bits per heavy atom. The van der Waals surface area contributed by atoms with Crippen molar-refractivity contribution in [3.63, 3.8) is 0 Å². The average Bonchev–Trinajstić information content (AvgIpc) is 2.51. The van der Waals surface area contributed by atoms with Crippen LogP contribution >= 0.6 is 24.0 Å². The molecular weight excluding hydrogens is 198 g/mol. The van der Waals surface area contributed by atoms with Crippen LogP contribution in [-0.4, -0.2) is 6.21 Å². The quantitative estimate of drug-likeness (QED) is 0.444. The van der Waals surface area contributed by atoms with Crippen molar-refractivity contribution in [2.75, 3.05) is 0 Å². The molecule has 3 heteroatoms. The molecule has 0 aromatic carbocycles. The summed E-state index contributed by atoms with van der Waals surface area (Å²) in [6.45, 7) is 1.97. The Morgan fingerprint density at radius 2 is 2.23 bits per heavy atom. The maximum atomic E-state index is 4.21. The Bertz CT molecular complexity index is 334. The van der Waals surface area contributed by atoms with E-state index >= 15 is 0 Å². The number of thiophene rings is 1. The molecule has 0 saturated heterocycles. The minimum absolute atomic E-state index is 1.01. The van der Waals surface area contributed by atoms with Crippen LogP contribution in [0.2, 0.25) is 0 Å². The van der Waals surface area contributed by atoms with E-state index in [1.807, 2.05) is 43.5 Å². The van der Waals surface area contributed by atoms with Gasteiger partial charge in [-0.25, -0.2) is 0 Å². The highest BCUT2D eigenvalue weighted by Crippen LogP contribution is 2.17.